The number of rotatable bonds is 9. The van der Waals surface area contributed by atoms with Gasteiger partial charge in [-0.2, -0.15) is 0 Å². The van der Waals surface area contributed by atoms with Gasteiger partial charge in [0.25, 0.3) is 0 Å². The van der Waals surface area contributed by atoms with Crippen LogP contribution in [0, 0.1) is 11.8 Å². The summed E-state index contributed by atoms with van der Waals surface area (Å²) < 4.78 is 0. The Morgan fingerprint density at radius 2 is 1.82 bits per heavy atom. The van der Waals surface area contributed by atoms with Gasteiger partial charge < -0.3 is 10.8 Å². The van der Waals surface area contributed by atoms with Crippen molar-refractivity contribution in [3.63, 3.8) is 0 Å². The molecule has 0 spiro atoms. The standard InChI is InChI=1S/C19H33NOS/c1-15(19(20)21)11-12-18-14-13-17(22-18)10-6-5-9-16-7-3-2-4-8-16/h13-16,19,21H,2-12,20H2,1H3/t15-,19?/m1/s1. The Morgan fingerprint density at radius 3 is 2.50 bits per heavy atom. The van der Waals surface area contributed by atoms with Crippen LogP contribution in [-0.2, 0) is 12.8 Å². The van der Waals surface area contributed by atoms with Gasteiger partial charge in [0, 0.05) is 9.75 Å². The molecule has 0 bridgehead atoms. The maximum atomic E-state index is 9.34. The monoisotopic (exact) mass is 323 g/mol. The fraction of sp³-hybridized carbons (Fsp3) is 0.789. The molecule has 0 amide bonds. The normalized spacial score (nSPS) is 19.2. The fourth-order valence-corrected chi connectivity index (χ4v) is 4.52. The quantitative estimate of drug-likeness (QED) is 0.502. The van der Waals surface area contributed by atoms with Crippen molar-refractivity contribution in [1.29, 1.82) is 0 Å². The van der Waals surface area contributed by atoms with Crippen LogP contribution < -0.4 is 5.73 Å². The van der Waals surface area contributed by atoms with Crippen molar-refractivity contribution < 1.29 is 5.11 Å². The number of aliphatic hydroxyl groups excluding tert-OH is 1. The van der Waals surface area contributed by atoms with E-state index in [2.05, 4.69) is 12.1 Å². The molecule has 1 aromatic rings. The van der Waals surface area contributed by atoms with Crippen molar-refractivity contribution in [2.45, 2.75) is 83.8 Å². The number of thiophene rings is 1. The topological polar surface area (TPSA) is 46.2 Å². The molecule has 1 unspecified atom stereocenters. The first-order valence-corrected chi connectivity index (χ1v) is 9.98. The van der Waals surface area contributed by atoms with Crippen LogP contribution in [0.25, 0.3) is 0 Å². The van der Waals surface area contributed by atoms with E-state index < -0.39 is 6.23 Å². The maximum Gasteiger partial charge on any atom is 0.105 e. The molecule has 22 heavy (non-hydrogen) atoms. The first-order valence-electron chi connectivity index (χ1n) is 9.16. The van der Waals surface area contributed by atoms with Crippen LogP contribution in [0.15, 0.2) is 12.1 Å². The molecule has 1 aliphatic rings. The van der Waals surface area contributed by atoms with E-state index in [-0.39, 0.29) is 5.92 Å². The van der Waals surface area contributed by atoms with Crippen molar-refractivity contribution >= 4 is 11.3 Å². The van der Waals surface area contributed by atoms with E-state index in [0.29, 0.717) is 0 Å². The Kier molecular flexibility index (Phi) is 7.91. The lowest BCUT2D eigenvalue weighted by atomic mass is 9.85. The van der Waals surface area contributed by atoms with Gasteiger partial charge in [0.05, 0.1) is 0 Å². The van der Waals surface area contributed by atoms with Gasteiger partial charge >= 0.3 is 0 Å². The summed E-state index contributed by atoms with van der Waals surface area (Å²) in [6, 6.07) is 4.56. The average molecular weight is 324 g/mol. The van der Waals surface area contributed by atoms with Crippen molar-refractivity contribution in [1.82, 2.24) is 0 Å². The van der Waals surface area contributed by atoms with E-state index >= 15 is 0 Å². The van der Waals surface area contributed by atoms with Gasteiger partial charge in [-0.25, -0.2) is 0 Å². The fourth-order valence-electron chi connectivity index (χ4n) is 3.44. The Morgan fingerprint density at radius 1 is 1.14 bits per heavy atom. The molecule has 0 aliphatic heterocycles. The highest BCUT2D eigenvalue weighted by molar-refractivity contribution is 7.11. The molecule has 3 N–H and O–H groups in total. The first kappa shape index (κ1) is 18.0. The third-order valence-corrected chi connectivity index (χ3v) is 6.36. The zero-order chi connectivity index (χ0) is 15.8. The van der Waals surface area contributed by atoms with Crippen LogP contribution in [0.2, 0.25) is 0 Å². The maximum absolute atomic E-state index is 9.34. The lowest BCUT2D eigenvalue weighted by molar-refractivity contribution is 0.119. The third-order valence-electron chi connectivity index (χ3n) is 5.16. The number of hydrogen-bond donors (Lipinski definition) is 2. The van der Waals surface area contributed by atoms with Crippen LogP contribution in [0.4, 0.5) is 0 Å². The van der Waals surface area contributed by atoms with Gasteiger partial charge in [0.1, 0.15) is 6.23 Å². The lowest BCUT2D eigenvalue weighted by Crippen LogP contribution is -2.27. The summed E-state index contributed by atoms with van der Waals surface area (Å²) in [6.07, 6.45) is 14.1. The van der Waals surface area contributed by atoms with Crippen molar-refractivity contribution in [3.8, 4) is 0 Å². The third kappa shape index (κ3) is 6.39. The summed E-state index contributed by atoms with van der Waals surface area (Å²) in [5.41, 5.74) is 5.51. The summed E-state index contributed by atoms with van der Waals surface area (Å²) in [6.45, 7) is 2.02. The Balaban J connectivity index is 1.60. The highest BCUT2D eigenvalue weighted by atomic mass is 32.1. The number of aliphatic hydroxyl groups is 1. The summed E-state index contributed by atoms with van der Waals surface area (Å²) in [7, 11) is 0. The number of unbranched alkanes of at least 4 members (excludes halogenated alkanes) is 1. The molecule has 2 rings (SSSR count). The predicted molar refractivity (Wildman–Crippen MR) is 96.1 cm³/mol. The molecule has 0 aromatic carbocycles. The Hall–Kier alpha value is -0.380. The molecule has 1 aliphatic carbocycles. The van der Waals surface area contributed by atoms with Crippen molar-refractivity contribution in [3.05, 3.63) is 21.9 Å². The summed E-state index contributed by atoms with van der Waals surface area (Å²) in [5, 5.41) is 9.34. The van der Waals surface area contributed by atoms with Crippen LogP contribution in [-0.4, -0.2) is 11.3 Å². The zero-order valence-electron chi connectivity index (χ0n) is 14.1. The van der Waals surface area contributed by atoms with Crippen LogP contribution >= 0.6 is 11.3 Å². The van der Waals surface area contributed by atoms with Gasteiger partial charge in [0.15, 0.2) is 0 Å². The molecule has 126 valence electrons. The Labute approximate surface area is 140 Å². The molecule has 2 nitrogen and oxygen atoms in total. The molecule has 3 heteroatoms. The number of hydrogen-bond acceptors (Lipinski definition) is 3. The van der Waals surface area contributed by atoms with Gasteiger partial charge in [-0.15, -0.1) is 11.3 Å². The minimum absolute atomic E-state index is 0.182. The molecule has 2 atom stereocenters. The van der Waals surface area contributed by atoms with E-state index in [1.165, 1.54) is 67.5 Å². The highest BCUT2D eigenvalue weighted by Crippen LogP contribution is 2.28. The largest absolute Gasteiger partial charge is 0.379 e. The molecule has 1 heterocycles. The minimum Gasteiger partial charge on any atom is -0.379 e. The molecular weight excluding hydrogens is 290 g/mol. The summed E-state index contributed by atoms with van der Waals surface area (Å²) >= 11 is 1.95. The smallest absolute Gasteiger partial charge is 0.105 e. The van der Waals surface area contributed by atoms with Gasteiger partial charge in [0.2, 0.25) is 0 Å². The zero-order valence-corrected chi connectivity index (χ0v) is 14.9. The van der Waals surface area contributed by atoms with Crippen LogP contribution in [0.1, 0.15) is 74.5 Å². The molecular formula is C19H33NOS. The van der Waals surface area contributed by atoms with Crippen molar-refractivity contribution in [2.24, 2.45) is 17.6 Å². The second kappa shape index (κ2) is 9.69. The van der Waals surface area contributed by atoms with Crippen LogP contribution in [0.5, 0.6) is 0 Å². The van der Waals surface area contributed by atoms with E-state index in [0.717, 1.165) is 18.8 Å². The average Bonchev–Trinajstić information content (AvgIpc) is 2.98. The molecule has 0 radical (unpaired) electrons. The van der Waals surface area contributed by atoms with Gasteiger partial charge in [-0.3, -0.25) is 0 Å². The molecule has 1 aromatic heterocycles. The van der Waals surface area contributed by atoms with E-state index in [4.69, 9.17) is 5.73 Å². The van der Waals surface area contributed by atoms with E-state index in [9.17, 15) is 5.11 Å². The number of nitrogens with two attached hydrogens (primary N) is 1. The molecule has 1 fully saturated rings. The Bertz CT molecular complexity index is 409. The second-order valence-corrected chi connectivity index (χ2v) is 8.38. The predicted octanol–water partition coefficient (Wildman–Crippen LogP) is 4.89. The second-order valence-electron chi connectivity index (χ2n) is 7.12. The summed E-state index contributed by atoms with van der Waals surface area (Å²) in [5.74, 6) is 1.21. The van der Waals surface area contributed by atoms with E-state index in [1.807, 2.05) is 18.3 Å². The summed E-state index contributed by atoms with van der Waals surface area (Å²) in [4.78, 5) is 2.97. The molecule has 0 saturated heterocycles. The number of aryl methyl sites for hydroxylation is 2. The molecule has 1 saturated carbocycles. The van der Waals surface area contributed by atoms with Gasteiger partial charge in [-0.1, -0.05) is 51.9 Å². The van der Waals surface area contributed by atoms with E-state index in [1.54, 1.807) is 0 Å². The minimum atomic E-state index is -0.681. The van der Waals surface area contributed by atoms with Crippen LogP contribution in [0.3, 0.4) is 0 Å². The first-order chi connectivity index (χ1) is 10.6. The van der Waals surface area contributed by atoms with Crippen molar-refractivity contribution in [2.75, 3.05) is 0 Å². The lowest BCUT2D eigenvalue weighted by Gasteiger charge is -2.21. The highest BCUT2D eigenvalue weighted by Gasteiger charge is 2.13. The SMILES string of the molecule is C[C@H](CCc1ccc(CCCCC2CCCCC2)s1)C(N)O. The van der Waals surface area contributed by atoms with Gasteiger partial charge in [-0.05, 0) is 49.7 Å².